The van der Waals surface area contributed by atoms with Crippen LogP contribution in [0.5, 0.6) is 0 Å². The number of carbonyl (C=O) groups excluding carboxylic acids is 2. The fourth-order valence-corrected chi connectivity index (χ4v) is 4.01. The molecule has 1 aromatic heterocycles. The first-order valence-electron chi connectivity index (χ1n) is 10.6. The van der Waals surface area contributed by atoms with E-state index in [4.69, 9.17) is 0 Å². The molecule has 6 nitrogen and oxygen atoms in total. The Balaban J connectivity index is 1.73. The molecule has 0 spiro atoms. The van der Waals surface area contributed by atoms with E-state index in [1.807, 2.05) is 28.8 Å². The van der Waals surface area contributed by atoms with Gasteiger partial charge in [-0.25, -0.2) is 9.37 Å². The summed E-state index contributed by atoms with van der Waals surface area (Å²) in [5, 5.41) is 3.01. The number of hydrogen-bond acceptors (Lipinski definition) is 3. The molecule has 0 bridgehead atoms. The predicted molar refractivity (Wildman–Crippen MR) is 117 cm³/mol. The lowest BCUT2D eigenvalue weighted by Gasteiger charge is -2.43. The van der Waals surface area contributed by atoms with Gasteiger partial charge >= 0.3 is 0 Å². The second kappa shape index (κ2) is 8.13. The minimum absolute atomic E-state index is 0.191. The van der Waals surface area contributed by atoms with Crippen LogP contribution in [0, 0.1) is 11.7 Å². The molecule has 1 aliphatic heterocycles. The zero-order valence-corrected chi connectivity index (χ0v) is 18.1. The van der Waals surface area contributed by atoms with E-state index in [0.717, 1.165) is 23.0 Å². The highest BCUT2D eigenvalue weighted by atomic mass is 19.1. The van der Waals surface area contributed by atoms with Crippen LogP contribution in [-0.4, -0.2) is 38.3 Å². The fourth-order valence-electron chi connectivity index (χ4n) is 4.01. The number of para-hydroxylation sites is 2. The minimum Gasteiger partial charge on any atom is -0.354 e. The molecule has 31 heavy (non-hydrogen) atoms. The molecule has 2 heterocycles. The first kappa shape index (κ1) is 21.0. The highest BCUT2D eigenvalue weighted by Gasteiger charge is 2.48. The molecule has 3 aromatic rings. The van der Waals surface area contributed by atoms with Gasteiger partial charge in [-0.2, -0.15) is 0 Å². The number of imidazole rings is 1. The summed E-state index contributed by atoms with van der Waals surface area (Å²) in [5.41, 5.74) is 1.19. The van der Waals surface area contributed by atoms with Crippen LogP contribution in [0.4, 0.5) is 4.39 Å². The minimum atomic E-state index is -1.11. The first-order valence-corrected chi connectivity index (χ1v) is 10.6. The van der Waals surface area contributed by atoms with Crippen LogP contribution in [0.1, 0.15) is 43.4 Å². The maximum Gasteiger partial charge on any atom is 0.291 e. The highest BCUT2D eigenvalue weighted by molar-refractivity contribution is 6.01. The molecule has 162 valence electrons. The molecular weight excluding hydrogens is 395 g/mol. The summed E-state index contributed by atoms with van der Waals surface area (Å²) >= 11 is 0. The van der Waals surface area contributed by atoms with Gasteiger partial charge in [-0.05, 0) is 49.1 Å². The zero-order chi connectivity index (χ0) is 22.2. The van der Waals surface area contributed by atoms with Gasteiger partial charge in [0.2, 0.25) is 5.91 Å². The second-order valence-electron chi connectivity index (χ2n) is 8.74. The van der Waals surface area contributed by atoms with Crippen molar-refractivity contribution in [2.75, 3.05) is 6.54 Å². The van der Waals surface area contributed by atoms with Gasteiger partial charge in [-0.15, -0.1) is 0 Å². The van der Waals surface area contributed by atoms with Gasteiger partial charge in [0, 0.05) is 13.1 Å². The van der Waals surface area contributed by atoms with Crippen LogP contribution in [-0.2, 0) is 17.9 Å². The number of carbonyl (C=O) groups is 2. The van der Waals surface area contributed by atoms with Crippen molar-refractivity contribution in [1.82, 2.24) is 19.8 Å². The van der Waals surface area contributed by atoms with Gasteiger partial charge in [0.25, 0.3) is 5.91 Å². The van der Waals surface area contributed by atoms with E-state index >= 15 is 0 Å². The second-order valence-corrected chi connectivity index (χ2v) is 8.74. The van der Waals surface area contributed by atoms with Gasteiger partial charge < -0.3 is 14.8 Å². The van der Waals surface area contributed by atoms with Gasteiger partial charge in [0.15, 0.2) is 5.82 Å². The van der Waals surface area contributed by atoms with Gasteiger partial charge in [0.05, 0.1) is 17.6 Å². The number of nitrogens with zero attached hydrogens (tertiary/aromatic N) is 3. The molecule has 4 rings (SSSR count). The molecule has 0 fully saturated rings. The van der Waals surface area contributed by atoms with E-state index in [0.29, 0.717) is 24.8 Å². The molecule has 0 aliphatic carbocycles. The van der Waals surface area contributed by atoms with Gasteiger partial charge in [-0.1, -0.05) is 38.1 Å². The molecule has 1 unspecified atom stereocenters. The summed E-state index contributed by atoms with van der Waals surface area (Å²) < 4.78 is 15.2. The largest absolute Gasteiger partial charge is 0.354 e. The van der Waals surface area contributed by atoms with Crippen molar-refractivity contribution in [2.24, 2.45) is 5.92 Å². The Labute approximate surface area is 181 Å². The predicted octanol–water partition coefficient (Wildman–Crippen LogP) is 3.75. The van der Waals surface area contributed by atoms with Gasteiger partial charge in [0.1, 0.15) is 11.4 Å². The molecule has 0 radical (unpaired) electrons. The summed E-state index contributed by atoms with van der Waals surface area (Å²) in [5.74, 6) is -0.0820. The van der Waals surface area contributed by atoms with E-state index < -0.39 is 5.54 Å². The normalized spacial score (nSPS) is 18.5. The molecule has 2 amide bonds. The van der Waals surface area contributed by atoms with Crippen LogP contribution < -0.4 is 5.32 Å². The monoisotopic (exact) mass is 422 g/mol. The number of halogens is 1. The van der Waals surface area contributed by atoms with Crippen LogP contribution >= 0.6 is 0 Å². The van der Waals surface area contributed by atoms with E-state index in [2.05, 4.69) is 24.1 Å². The van der Waals surface area contributed by atoms with Crippen molar-refractivity contribution in [1.29, 1.82) is 0 Å². The Kier molecular flexibility index (Phi) is 5.52. The van der Waals surface area contributed by atoms with E-state index in [1.54, 1.807) is 24.0 Å². The molecule has 0 saturated carbocycles. The lowest BCUT2D eigenvalue weighted by Crippen LogP contribution is -2.63. The standard InChI is InChI=1S/C24H27FN4O2/c1-16(2)12-13-26-23(31)24(3)15-28-20-7-5-4-6-19(20)27-21(28)22(30)29(24)14-17-8-10-18(25)11-9-17/h4-11,16H,12-15H2,1-3H3,(H,26,31). The SMILES string of the molecule is CC(C)CCNC(=O)C1(C)Cn2c(nc3ccccc32)C(=O)N1Cc1ccc(F)cc1. The van der Waals surface area contributed by atoms with E-state index in [-0.39, 0.29) is 24.2 Å². The third-order valence-corrected chi connectivity index (χ3v) is 5.90. The summed E-state index contributed by atoms with van der Waals surface area (Å²) in [6.07, 6.45) is 0.854. The number of aromatic nitrogens is 2. The molecule has 2 aromatic carbocycles. The van der Waals surface area contributed by atoms with Crippen molar-refractivity contribution in [2.45, 2.75) is 45.8 Å². The number of nitrogens with one attached hydrogen (secondary N) is 1. The van der Waals surface area contributed by atoms with Crippen LogP contribution in [0.15, 0.2) is 48.5 Å². The summed E-state index contributed by atoms with van der Waals surface area (Å²) in [4.78, 5) is 33.0. The number of hydrogen-bond donors (Lipinski definition) is 1. The van der Waals surface area contributed by atoms with Crippen LogP contribution in [0.3, 0.4) is 0 Å². The number of rotatable bonds is 6. The third-order valence-electron chi connectivity index (χ3n) is 5.90. The summed E-state index contributed by atoms with van der Waals surface area (Å²) in [6.45, 7) is 7.02. The van der Waals surface area contributed by atoms with Crippen LogP contribution in [0.25, 0.3) is 11.0 Å². The lowest BCUT2D eigenvalue weighted by molar-refractivity contribution is -0.133. The third kappa shape index (κ3) is 3.92. The Bertz CT molecular complexity index is 1120. The average molecular weight is 423 g/mol. The summed E-state index contributed by atoms with van der Waals surface area (Å²) in [7, 11) is 0. The Morgan fingerprint density at radius 3 is 2.61 bits per heavy atom. The molecule has 7 heteroatoms. The molecule has 1 atom stereocenters. The molecule has 1 aliphatic rings. The Hall–Kier alpha value is -3.22. The summed E-state index contributed by atoms with van der Waals surface area (Å²) in [6, 6.07) is 13.5. The van der Waals surface area contributed by atoms with E-state index in [1.165, 1.54) is 12.1 Å². The van der Waals surface area contributed by atoms with Crippen molar-refractivity contribution in [3.8, 4) is 0 Å². The average Bonchev–Trinajstić information content (AvgIpc) is 3.10. The van der Waals surface area contributed by atoms with Crippen molar-refractivity contribution in [3.63, 3.8) is 0 Å². The van der Waals surface area contributed by atoms with Crippen LogP contribution in [0.2, 0.25) is 0 Å². The molecule has 1 N–H and O–H groups in total. The molecule has 0 saturated heterocycles. The number of fused-ring (bicyclic) bond motifs is 3. The maximum atomic E-state index is 13.5. The van der Waals surface area contributed by atoms with Crippen molar-refractivity contribution in [3.05, 3.63) is 65.7 Å². The first-order chi connectivity index (χ1) is 14.8. The number of benzene rings is 2. The smallest absolute Gasteiger partial charge is 0.291 e. The lowest BCUT2D eigenvalue weighted by atomic mass is 9.94. The zero-order valence-electron chi connectivity index (χ0n) is 18.1. The Morgan fingerprint density at radius 1 is 1.19 bits per heavy atom. The van der Waals surface area contributed by atoms with Crippen molar-refractivity contribution >= 4 is 22.8 Å². The fraction of sp³-hybridized carbons (Fsp3) is 0.375. The van der Waals surface area contributed by atoms with Crippen molar-refractivity contribution < 1.29 is 14.0 Å². The molecular formula is C24H27FN4O2. The maximum absolute atomic E-state index is 13.5. The number of amides is 2. The highest BCUT2D eigenvalue weighted by Crippen LogP contribution is 2.32. The topological polar surface area (TPSA) is 67.2 Å². The van der Waals surface area contributed by atoms with E-state index in [9.17, 15) is 14.0 Å². The quantitative estimate of drug-likeness (QED) is 0.658. The Morgan fingerprint density at radius 2 is 1.90 bits per heavy atom. The van der Waals surface area contributed by atoms with Gasteiger partial charge in [-0.3, -0.25) is 9.59 Å².